The van der Waals surface area contributed by atoms with Gasteiger partial charge in [0.1, 0.15) is 5.75 Å². The van der Waals surface area contributed by atoms with E-state index in [1.54, 1.807) is 6.07 Å². The van der Waals surface area contributed by atoms with Gasteiger partial charge < -0.3 is 6.53 Å². The number of hydrogen-bond acceptors (Lipinski definition) is 1. The third-order valence-electron chi connectivity index (χ3n) is 3.04. The van der Waals surface area contributed by atoms with Gasteiger partial charge in [0.2, 0.25) is 0 Å². The van der Waals surface area contributed by atoms with E-state index in [9.17, 15) is 5.11 Å². The summed E-state index contributed by atoms with van der Waals surface area (Å²) in [6.45, 7) is 2.25. The van der Waals surface area contributed by atoms with E-state index in [0.29, 0.717) is 5.75 Å². The number of aromatic hydroxyl groups is 1. The van der Waals surface area contributed by atoms with Crippen molar-refractivity contribution >= 4 is 0 Å². The Balaban J connectivity index is 0. The van der Waals surface area contributed by atoms with E-state index in [1.165, 1.54) is 44.9 Å². The second-order valence-corrected chi connectivity index (χ2v) is 4.50. The van der Waals surface area contributed by atoms with Crippen LogP contribution in [0, 0.1) is 0 Å². The molecule has 0 aromatic heterocycles. The molecule has 0 heterocycles. The minimum atomic E-state index is 0. The molecule has 2 heteroatoms. The van der Waals surface area contributed by atoms with Gasteiger partial charge in [-0.15, -0.1) is 0 Å². The third-order valence-corrected chi connectivity index (χ3v) is 3.04. The molecule has 0 amide bonds. The quantitative estimate of drug-likeness (QED) is 0.558. The summed E-state index contributed by atoms with van der Waals surface area (Å²) in [5.41, 5.74) is 1.09. The summed E-state index contributed by atoms with van der Waals surface area (Å²) in [6.07, 6.45) is 10.3. The summed E-state index contributed by atoms with van der Waals surface area (Å²) in [6, 6.07) is 7.67. The molecule has 1 rings (SSSR count). The molecule has 0 fully saturated rings. The Labute approximate surface area is 150 Å². The standard InChI is InChI=1S/C15H24O.K.H/c1-2-3-4-5-6-7-8-11-14-12-9-10-13-15(14)16;;/h9-10,12-13,16H,2-8,11H2,1H3;;/q;+1;-1. The van der Waals surface area contributed by atoms with Gasteiger partial charge >= 0.3 is 51.4 Å². The molecule has 1 aromatic carbocycles. The number of unbranched alkanes of at least 4 members (excludes halogenated alkanes) is 6. The first-order valence-corrected chi connectivity index (χ1v) is 6.61. The van der Waals surface area contributed by atoms with Crippen LogP contribution in [0.15, 0.2) is 24.3 Å². The number of phenols is 1. The molecular weight excluding hydrogens is 235 g/mol. The first-order valence-electron chi connectivity index (χ1n) is 6.61. The van der Waals surface area contributed by atoms with Gasteiger partial charge in [-0.25, -0.2) is 0 Å². The van der Waals surface area contributed by atoms with Crippen molar-refractivity contribution < 1.29 is 57.9 Å². The molecular formula is C15H25KO. The largest absolute Gasteiger partial charge is 1.00 e. The van der Waals surface area contributed by atoms with E-state index in [0.717, 1.165) is 12.0 Å². The van der Waals surface area contributed by atoms with E-state index < -0.39 is 0 Å². The molecule has 0 bridgehead atoms. The fourth-order valence-electron chi connectivity index (χ4n) is 1.99. The molecule has 17 heavy (non-hydrogen) atoms. The van der Waals surface area contributed by atoms with Crippen LogP contribution in [-0.4, -0.2) is 5.11 Å². The van der Waals surface area contributed by atoms with E-state index in [4.69, 9.17) is 0 Å². The fourth-order valence-corrected chi connectivity index (χ4v) is 1.99. The zero-order valence-electron chi connectivity index (χ0n) is 12.4. The molecule has 1 nitrogen and oxygen atoms in total. The Kier molecular flexibility index (Phi) is 12.2. The monoisotopic (exact) mass is 260 g/mol. The Bertz CT molecular complexity index is 292. The van der Waals surface area contributed by atoms with Crippen LogP contribution in [-0.2, 0) is 6.42 Å². The van der Waals surface area contributed by atoms with Crippen LogP contribution in [0.1, 0.15) is 58.9 Å². The number of phenolic OH excluding ortho intramolecular Hbond substituents is 1. The zero-order valence-corrected chi connectivity index (χ0v) is 14.5. The Morgan fingerprint density at radius 1 is 0.941 bits per heavy atom. The van der Waals surface area contributed by atoms with Gasteiger partial charge in [-0.3, -0.25) is 0 Å². The molecule has 0 radical (unpaired) electrons. The normalized spacial score (nSPS) is 9.94. The van der Waals surface area contributed by atoms with Crippen molar-refractivity contribution in [1.82, 2.24) is 0 Å². The van der Waals surface area contributed by atoms with Crippen molar-refractivity contribution in [2.75, 3.05) is 0 Å². The fraction of sp³-hybridized carbons (Fsp3) is 0.600. The van der Waals surface area contributed by atoms with E-state index in [-0.39, 0.29) is 52.8 Å². The Morgan fingerprint density at radius 3 is 2.18 bits per heavy atom. The molecule has 92 valence electrons. The van der Waals surface area contributed by atoms with Crippen LogP contribution < -0.4 is 51.4 Å². The second-order valence-electron chi connectivity index (χ2n) is 4.50. The van der Waals surface area contributed by atoms with Gasteiger partial charge in [0.25, 0.3) is 0 Å². The number of para-hydroxylation sites is 1. The smallest absolute Gasteiger partial charge is 1.00 e. The third kappa shape index (κ3) is 8.39. The maximum atomic E-state index is 9.58. The summed E-state index contributed by atoms with van der Waals surface area (Å²) in [4.78, 5) is 0. The minimum absolute atomic E-state index is 0. The number of rotatable bonds is 8. The van der Waals surface area contributed by atoms with E-state index in [2.05, 4.69) is 6.92 Å². The van der Waals surface area contributed by atoms with E-state index >= 15 is 0 Å². The van der Waals surface area contributed by atoms with Crippen LogP contribution in [0.25, 0.3) is 0 Å². The minimum Gasteiger partial charge on any atom is -1.00 e. The van der Waals surface area contributed by atoms with Gasteiger partial charge in [0.05, 0.1) is 0 Å². The molecule has 0 spiro atoms. The molecule has 1 aromatic rings. The molecule has 0 aliphatic carbocycles. The molecule has 0 aliphatic heterocycles. The van der Waals surface area contributed by atoms with Crippen molar-refractivity contribution in [3.63, 3.8) is 0 Å². The van der Waals surface area contributed by atoms with Gasteiger partial charge in [-0.2, -0.15) is 0 Å². The predicted octanol–water partition coefficient (Wildman–Crippen LogP) is 1.80. The van der Waals surface area contributed by atoms with Crippen LogP contribution >= 0.6 is 0 Å². The number of aryl methyl sites for hydroxylation is 1. The van der Waals surface area contributed by atoms with Crippen molar-refractivity contribution in [2.24, 2.45) is 0 Å². The van der Waals surface area contributed by atoms with Crippen molar-refractivity contribution in [3.05, 3.63) is 29.8 Å². The second kappa shape index (κ2) is 11.7. The summed E-state index contributed by atoms with van der Waals surface area (Å²) in [5, 5.41) is 9.58. The maximum absolute atomic E-state index is 9.58. The van der Waals surface area contributed by atoms with Gasteiger partial charge in [0.15, 0.2) is 0 Å². The van der Waals surface area contributed by atoms with Crippen molar-refractivity contribution in [2.45, 2.75) is 58.3 Å². The SMILES string of the molecule is CCCCCCCCCc1ccccc1O.[H-].[K+]. The number of benzene rings is 1. The number of hydrogen-bond donors (Lipinski definition) is 1. The Morgan fingerprint density at radius 2 is 1.53 bits per heavy atom. The summed E-state index contributed by atoms with van der Waals surface area (Å²) >= 11 is 0. The Hall–Kier alpha value is 0.656. The van der Waals surface area contributed by atoms with E-state index in [1.807, 2.05) is 18.2 Å². The van der Waals surface area contributed by atoms with Gasteiger partial charge in [-0.1, -0.05) is 63.6 Å². The van der Waals surface area contributed by atoms with Crippen molar-refractivity contribution in [1.29, 1.82) is 0 Å². The average molecular weight is 260 g/mol. The van der Waals surface area contributed by atoms with Crippen molar-refractivity contribution in [3.8, 4) is 5.75 Å². The topological polar surface area (TPSA) is 20.2 Å². The van der Waals surface area contributed by atoms with Crippen LogP contribution in [0.5, 0.6) is 5.75 Å². The van der Waals surface area contributed by atoms with Gasteiger partial charge in [-0.05, 0) is 24.5 Å². The zero-order chi connectivity index (χ0) is 11.6. The average Bonchev–Trinajstić information content (AvgIpc) is 2.30. The first-order chi connectivity index (χ1) is 7.84. The maximum Gasteiger partial charge on any atom is 1.00 e. The summed E-state index contributed by atoms with van der Waals surface area (Å²) < 4.78 is 0. The van der Waals surface area contributed by atoms with Crippen LogP contribution in [0.3, 0.4) is 0 Å². The van der Waals surface area contributed by atoms with Gasteiger partial charge in [0, 0.05) is 0 Å². The molecule has 0 aliphatic rings. The first kappa shape index (κ1) is 17.7. The van der Waals surface area contributed by atoms with Crippen LogP contribution in [0.4, 0.5) is 0 Å². The molecule has 0 saturated carbocycles. The summed E-state index contributed by atoms with van der Waals surface area (Å²) in [7, 11) is 0. The van der Waals surface area contributed by atoms with Crippen LogP contribution in [0.2, 0.25) is 0 Å². The molecule has 0 atom stereocenters. The molecule has 0 saturated heterocycles. The molecule has 1 N–H and O–H groups in total. The predicted molar refractivity (Wildman–Crippen MR) is 70.9 cm³/mol. The molecule has 0 unspecified atom stereocenters. The summed E-state index contributed by atoms with van der Waals surface area (Å²) in [5.74, 6) is 0.452.